The molecule has 1 saturated heterocycles. The lowest BCUT2D eigenvalue weighted by Gasteiger charge is -2.29. The summed E-state index contributed by atoms with van der Waals surface area (Å²) in [5.74, 6) is -0.350. The van der Waals surface area contributed by atoms with Crippen LogP contribution in [0.4, 0.5) is 10.1 Å². The van der Waals surface area contributed by atoms with Crippen molar-refractivity contribution in [2.24, 2.45) is 0 Å². The fraction of sp³-hybridized carbons (Fsp3) is 0.333. The summed E-state index contributed by atoms with van der Waals surface area (Å²) in [4.78, 5) is 27.5. The second-order valence-corrected chi connectivity index (χ2v) is 7.90. The van der Waals surface area contributed by atoms with E-state index in [4.69, 9.17) is 4.74 Å². The van der Waals surface area contributed by atoms with E-state index >= 15 is 0 Å². The average Bonchev–Trinajstić information content (AvgIpc) is 3.23. The predicted octanol–water partition coefficient (Wildman–Crippen LogP) is 3.37. The van der Waals surface area contributed by atoms with Gasteiger partial charge >= 0.3 is 0 Å². The van der Waals surface area contributed by atoms with Crippen LogP contribution in [0.3, 0.4) is 0 Å². The van der Waals surface area contributed by atoms with Gasteiger partial charge in [0, 0.05) is 29.2 Å². The van der Waals surface area contributed by atoms with E-state index in [9.17, 15) is 14.0 Å². The van der Waals surface area contributed by atoms with Gasteiger partial charge < -0.3 is 15.0 Å². The van der Waals surface area contributed by atoms with Crippen molar-refractivity contribution in [1.29, 1.82) is 0 Å². The van der Waals surface area contributed by atoms with Crippen LogP contribution in [0.5, 0.6) is 0 Å². The monoisotopic (exact) mass is 400 g/mol. The summed E-state index contributed by atoms with van der Waals surface area (Å²) in [5, 5.41) is 2.90. The maximum Gasteiger partial charge on any atom is 0.251 e. The summed E-state index contributed by atoms with van der Waals surface area (Å²) < 4.78 is 19.6. The molecule has 2 aromatic carbocycles. The number of ether oxygens (including phenoxy) is 1. The molecule has 0 radical (unpaired) electrons. The number of amides is 2. The van der Waals surface area contributed by atoms with E-state index in [1.54, 1.807) is 35.2 Å². The van der Waals surface area contributed by atoms with Crippen LogP contribution < -0.4 is 10.2 Å². The van der Waals surface area contributed by atoms with E-state index in [-0.39, 0.29) is 30.3 Å². The minimum atomic E-state index is -0.347. The lowest BCUT2D eigenvalue weighted by atomic mass is 10.1. The number of nitrogens with zero attached hydrogens (tertiary/aromatic N) is 1. The quantitative estimate of drug-likeness (QED) is 0.836. The van der Waals surface area contributed by atoms with Crippen LogP contribution in [0.25, 0.3) is 0 Å². The van der Waals surface area contributed by atoms with Gasteiger partial charge in [0.25, 0.3) is 5.91 Å². The summed E-state index contributed by atoms with van der Waals surface area (Å²) >= 11 is 1.43. The average molecular weight is 400 g/mol. The molecule has 2 amide bonds. The van der Waals surface area contributed by atoms with Crippen molar-refractivity contribution in [3.05, 3.63) is 59.4 Å². The number of hydrogen-bond acceptors (Lipinski definition) is 4. The van der Waals surface area contributed by atoms with Gasteiger partial charge in [-0.3, -0.25) is 9.59 Å². The van der Waals surface area contributed by atoms with Crippen molar-refractivity contribution in [2.45, 2.75) is 30.4 Å². The molecule has 146 valence electrons. The Morgan fingerprint density at radius 1 is 1.29 bits per heavy atom. The number of nitrogens with one attached hydrogen (secondary N) is 1. The smallest absolute Gasteiger partial charge is 0.251 e. The standard InChI is InChI=1S/C21H21FN2O3S/c22-17-6-2-1-4-15(17)12-24-18-10-14(7-8-19(18)28-13-20(24)25)21(26)23-11-16-5-3-9-27-16/h1-2,4,6-8,10,16H,3,5,9,11-13H2,(H,23,26). The molecule has 28 heavy (non-hydrogen) atoms. The Balaban J connectivity index is 1.55. The molecule has 0 saturated carbocycles. The van der Waals surface area contributed by atoms with E-state index < -0.39 is 0 Å². The van der Waals surface area contributed by atoms with Crippen LogP contribution in [-0.2, 0) is 16.1 Å². The molecule has 7 heteroatoms. The highest BCUT2D eigenvalue weighted by Gasteiger charge is 2.27. The number of rotatable bonds is 5. The van der Waals surface area contributed by atoms with Crippen molar-refractivity contribution >= 4 is 29.3 Å². The Morgan fingerprint density at radius 3 is 2.93 bits per heavy atom. The van der Waals surface area contributed by atoms with Crippen molar-refractivity contribution in [2.75, 3.05) is 23.8 Å². The molecule has 1 fully saturated rings. The second kappa shape index (κ2) is 8.32. The number of fused-ring (bicyclic) bond motifs is 1. The first-order valence-corrected chi connectivity index (χ1v) is 10.3. The van der Waals surface area contributed by atoms with Crippen molar-refractivity contribution in [1.82, 2.24) is 5.32 Å². The van der Waals surface area contributed by atoms with Crippen LogP contribution in [0, 0.1) is 5.82 Å². The summed E-state index contributed by atoms with van der Waals surface area (Å²) in [6.45, 7) is 1.35. The Morgan fingerprint density at radius 2 is 2.14 bits per heavy atom. The van der Waals surface area contributed by atoms with Crippen LogP contribution in [0.15, 0.2) is 47.4 Å². The van der Waals surface area contributed by atoms with Crippen LogP contribution in [-0.4, -0.2) is 36.8 Å². The lowest BCUT2D eigenvalue weighted by Crippen LogP contribution is -2.36. The molecule has 1 N–H and O–H groups in total. The van der Waals surface area contributed by atoms with Crippen molar-refractivity contribution in [3.8, 4) is 0 Å². The summed E-state index contributed by atoms with van der Waals surface area (Å²) in [5.41, 5.74) is 1.57. The Labute approximate surface area is 167 Å². The van der Waals surface area contributed by atoms with Gasteiger partial charge in [-0.15, -0.1) is 11.8 Å². The second-order valence-electron chi connectivity index (χ2n) is 6.89. The molecule has 4 rings (SSSR count). The molecule has 1 atom stereocenters. The molecule has 1 unspecified atom stereocenters. The highest BCUT2D eigenvalue weighted by Crippen LogP contribution is 2.37. The summed E-state index contributed by atoms with van der Waals surface area (Å²) in [7, 11) is 0. The van der Waals surface area contributed by atoms with Gasteiger partial charge in [0.2, 0.25) is 5.91 Å². The van der Waals surface area contributed by atoms with Gasteiger partial charge in [-0.1, -0.05) is 18.2 Å². The van der Waals surface area contributed by atoms with Gasteiger partial charge in [-0.2, -0.15) is 0 Å². The van der Waals surface area contributed by atoms with E-state index in [1.165, 1.54) is 17.8 Å². The fourth-order valence-electron chi connectivity index (χ4n) is 3.43. The normalized spacial score (nSPS) is 18.8. The largest absolute Gasteiger partial charge is 0.376 e. The first-order valence-electron chi connectivity index (χ1n) is 9.32. The molecular weight excluding hydrogens is 379 g/mol. The van der Waals surface area contributed by atoms with Crippen LogP contribution in [0.1, 0.15) is 28.8 Å². The number of hydrogen-bond donors (Lipinski definition) is 1. The zero-order valence-corrected chi connectivity index (χ0v) is 16.1. The Kier molecular flexibility index (Phi) is 5.64. The van der Waals surface area contributed by atoms with Crippen LogP contribution >= 0.6 is 11.8 Å². The third-order valence-electron chi connectivity index (χ3n) is 4.96. The topological polar surface area (TPSA) is 58.6 Å². The molecule has 2 aliphatic heterocycles. The van der Waals surface area contributed by atoms with Gasteiger partial charge in [0.1, 0.15) is 5.82 Å². The maximum absolute atomic E-state index is 14.1. The zero-order valence-electron chi connectivity index (χ0n) is 15.3. The number of anilines is 1. The van der Waals surface area contributed by atoms with Crippen molar-refractivity contribution in [3.63, 3.8) is 0 Å². The molecule has 2 aliphatic rings. The molecular formula is C21H21FN2O3S. The van der Waals surface area contributed by atoms with E-state index in [1.807, 2.05) is 6.07 Å². The number of carbonyl (C=O) groups is 2. The fourth-order valence-corrected chi connectivity index (χ4v) is 4.34. The summed E-state index contributed by atoms with van der Waals surface area (Å²) in [6, 6.07) is 11.7. The van der Waals surface area contributed by atoms with Gasteiger partial charge in [0.15, 0.2) is 0 Å². The molecule has 5 nitrogen and oxygen atoms in total. The minimum absolute atomic E-state index is 0.0660. The molecule has 2 aromatic rings. The predicted molar refractivity (Wildman–Crippen MR) is 106 cm³/mol. The number of thioether (sulfide) groups is 1. The first-order chi connectivity index (χ1) is 13.6. The highest BCUT2D eigenvalue weighted by molar-refractivity contribution is 8.00. The lowest BCUT2D eigenvalue weighted by molar-refractivity contribution is -0.116. The molecule has 0 spiro atoms. The maximum atomic E-state index is 14.1. The highest BCUT2D eigenvalue weighted by atomic mass is 32.2. The van der Waals surface area contributed by atoms with Gasteiger partial charge in [0.05, 0.1) is 24.1 Å². The molecule has 0 aromatic heterocycles. The van der Waals surface area contributed by atoms with Gasteiger partial charge in [-0.25, -0.2) is 4.39 Å². The van der Waals surface area contributed by atoms with Crippen LogP contribution in [0.2, 0.25) is 0 Å². The van der Waals surface area contributed by atoms with E-state index in [0.717, 1.165) is 24.3 Å². The summed E-state index contributed by atoms with van der Waals surface area (Å²) in [6.07, 6.45) is 2.03. The van der Waals surface area contributed by atoms with Crippen molar-refractivity contribution < 1.29 is 18.7 Å². The third-order valence-corrected chi connectivity index (χ3v) is 6.01. The number of carbonyl (C=O) groups excluding carboxylic acids is 2. The van der Waals surface area contributed by atoms with E-state index in [0.29, 0.717) is 29.1 Å². The molecule has 0 aliphatic carbocycles. The SMILES string of the molecule is O=C(NCC1CCCO1)c1ccc2c(c1)N(Cc1ccccc1F)C(=O)CS2. The number of halogens is 1. The number of benzene rings is 2. The Bertz CT molecular complexity index is 899. The van der Waals surface area contributed by atoms with E-state index in [2.05, 4.69) is 5.32 Å². The minimum Gasteiger partial charge on any atom is -0.376 e. The first kappa shape index (κ1) is 19.0. The third kappa shape index (κ3) is 4.05. The van der Waals surface area contributed by atoms with Gasteiger partial charge in [-0.05, 0) is 37.1 Å². The zero-order chi connectivity index (χ0) is 19.5. The molecule has 0 bridgehead atoms. The molecule has 2 heterocycles. The Hall–Kier alpha value is -2.38.